The average Bonchev–Trinajstić information content (AvgIpc) is 2.69. The molecule has 5 nitrogen and oxygen atoms in total. The standard InChI is InChI=1S/C11H13N5S/c12-10-16-8-1-3-11(13,5-9(8)17-10)7-2-4-14-15-6-7/h2,4,6H,1,3,5,13H2,(H2,12,16). The zero-order chi connectivity index (χ0) is 11.9. The van der Waals surface area contributed by atoms with Crippen LogP contribution in [0.4, 0.5) is 5.13 Å². The third kappa shape index (κ3) is 1.79. The Balaban J connectivity index is 1.97. The molecule has 0 bridgehead atoms. The third-order valence-electron chi connectivity index (χ3n) is 3.24. The molecule has 1 unspecified atom stereocenters. The van der Waals surface area contributed by atoms with Crippen molar-refractivity contribution in [1.82, 2.24) is 15.2 Å². The number of aromatic nitrogens is 3. The topological polar surface area (TPSA) is 90.7 Å². The van der Waals surface area contributed by atoms with E-state index in [2.05, 4.69) is 15.2 Å². The van der Waals surface area contributed by atoms with E-state index in [0.29, 0.717) is 5.13 Å². The lowest BCUT2D eigenvalue weighted by Crippen LogP contribution is -2.41. The van der Waals surface area contributed by atoms with Crippen molar-refractivity contribution in [3.05, 3.63) is 34.6 Å². The van der Waals surface area contributed by atoms with Gasteiger partial charge in [0.05, 0.1) is 11.9 Å². The molecular weight excluding hydrogens is 234 g/mol. The quantitative estimate of drug-likeness (QED) is 0.780. The molecule has 0 fully saturated rings. The highest BCUT2D eigenvalue weighted by Gasteiger charge is 2.34. The molecule has 17 heavy (non-hydrogen) atoms. The van der Waals surface area contributed by atoms with Gasteiger partial charge in [0.2, 0.25) is 0 Å². The van der Waals surface area contributed by atoms with Crippen molar-refractivity contribution in [2.24, 2.45) is 5.73 Å². The summed E-state index contributed by atoms with van der Waals surface area (Å²) < 4.78 is 0. The van der Waals surface area contributed by atoms with Crippen molar-refractivity contribution >= 4 is 16.5 Å². The van der Waals surface area contributed by atoms with Crippen molar-refractivity contribution in [1.29, 1.82) is 0 Å². The molecule has 1 aliphatic rings. The minimum Gasteiger partial charge on any atom is -0.375 e. The lowest BCUT2D eigenvalue weighted by atomic mass is 9.79. The molecule has 0 aromatic carbocycles. The summed E-state index contributed by atoms with van der Waals surface area (Å²) in [6, 6.07) is 1.93. The molecule has 0 saturated carbocycles. The van der Waals surface area contributed by atoms with Gasteiger partial charge in [-0.05, 0) is 24.5 Å². The number of anilines is 1. The van der Waals surface area contributed by atoms with Crippen molar-refractivity contribution in [2.75, 3.05) is 5.73 Å². The molecule has 0 saturated heterocycles. The summed E-state index contributed by atoms with van der Waals surface area (Å²) in [4.78, 5) is 5.53. The Morgan fingerprint density at radius 3 is 3.00 bits per heavy atom. The summed E-state index contributed by atoms with van der Waals surface area (Å²) in [5.74, 6) is 0. The molecule has 0 aliphatic heterocycles. The number of nitrogens with zero attached hydrogens (tertiary/aromatic N) is 3. The zero-order valence-corrected chi connectivity index (χ0v) is 10.1. The van der Waals surface area contributed by atoms with Gasteiger partial charge in [-0.1, -0.05) is 0 Å². The van der Waals surface area contributed by atoms with E-state index in [1.807, 2.05) is 6.07 Å². The molecule has 0 spiro atoms. The predicted octanol–water partition coefficient (Wildman–Crippen LogP) is 0.858. The summed E-state index contributed by atoms with van der Waals surface area (Å²) in [5, 5.41) is 8.32. The molecule has 0 amide bonds. The van der Waals surface area contributed by atoms with Crippen LogP contribution in [-0.4, -0.2) is 15.2 Å². The Morgan fingerprint density at radius 2 is 2.24 bits per heavy atom. The van der Waals surface area contributed by atoms with E-state index in [1.165, 1.54) is 16.2 Å². The summed E-state index contributed by atoms with van der Waals surface area (Å²) in [7, 11) is 0. The molecule has 2 heterocycles. The highest BCUT2D eigenvalue weighted by Crippen LogP contribution is 2.37. The summed E-state index contributed by atoms with van der Waals surface area (Å²) in [6.07, 6.45) is 5.95. The second-order valence-corrected chi connectivity index (χ2v) is 5.50. The molecule has 3 rings (SSSR count). The van der Waals surface area contributed by atoms with E-state index < -0.39 is 0 Å². The van der Waals surface area contributed by atoms with Gasteiger partial charge in [0.15, 0.2) is 5.13 Å². The smallest absolute Gasteiger partial charge is 0.180 e. The van der Waals surface area contributed by atoms with Crippen LogP contribution < -0.4 is 11.5 Å². The van der Waals surface area contributed by atoms with Crippen LogP contribution in [0, 0.1) is 0 Å². The Morgan fingerprint density at radius 1 is 1.35 bits per heavy atom. The molecule has 1 atom stereocenters. The number of hydrogen-bond donors (Lipinski definition) is 2. The van der Waals surface area contributed by atoms with Crippen LogP contribution in [0.2, 0.25) is 0 Å². The number of hydrogen-bond acceptors (Lipinski definition) is 6. The molecular formula is C11H13N5S. The monoisotopic (exact) mass is 247 g/mol. The number of thiazole rings is 1. The van der Waals surface area contributed by atoms with Crippen molar-refractivity contribution in [3.63, 3.8) is 0 Å². The van der Waals surface area contributed by atoms with Gasteiger partial charge in [-0.3, -0.25) is 0 Å². The maximum absolute atomic E-state index is 6.47. The lowest BCUT2D eigenvalue weighted by molar-refractivity contribution is 0.384. The van der Waals surface area contributed by atoms with Crippen molar-refractivity contribution < 1.29 is 0 Å². The van der Waals surface area contributed by atoms with Crippen molar-refractivity contribution in [2.45, 2.75) is 24.8 Å². The molecule has 4 N–H and O–H groups in total. The first-order chi connectivity index (χ1) is 8.17. The zero-order valence-electron chi connectivity index (χ0n) is 9.26. The summed E-state index contributed by atoms with van der Waals surface area (Å²) in [5.41, 5.74) is 14.0. The number of nitrogens with two attached hydrogens (primary N) is 2. The Hall–Kier alpha value is -1.53. The van der Waals surface area contributed by atoms with E-state index in [0.717, 1.165) is 30.5 Å². The normalized spacial score (nSPS) is 23.4. The van der Waals surface area contributed by atoms with Gasteiger partial charge < -0.3 is 11.5 Å². The van der Waals surface area contributed by atoms with E-state index >= 15 is 0 Å². The first-order valence-electron chi connectivity index (χ1n) is 5.47. The molecule has 1 aliphatic carbocycles. The number of rotatable bonds is 1. The van der Waals surface area contributed by atoms with E-state index in [1.54, 1.807) is 12.4 Å². The predicted molar refractivity (Wildman–Crippen MR) is 66.4 cm³/mol. The highest BCUT2D eigenvalue weighted by atomic mass is 32.1. The minimum atomic E-state index is -0.359. The van der Waals surface area contributed by atoms with Crippen LogP contribution in [-0.2, 0) is 18.4 Å². The van der Waals surface area contributed by atoms with Gasteiger partial charge >= 0.3 is 0 Å². The van der Waals surface area contributed by atoms with Gasteiger partial charge in [0.25, 0.3) is 0 Å². The van der Waals surface area contributed by atoms with E-state index in [4.69, 9.17) is 11.5 Å². The second kappa shape index (κ2) is 3.75. The fourth-order valence-corrected chi connectivity index (χ4v) is 3.29. The van der Waals surface area contributed by atoms with Crippen LogP contribution in [0.3, 0.4) is 0 Å². The summed E-state index contributed by atoms with van der Waals surface area (Å²) >= 11 is 1.54. The van der Waals surface area contributed by atoms with Gasteiger partial charge in [0, 0.05) is 23.0 Å². The Labute approximate surface area is 103 Å². The van der Waals surface area contributed by atoms with Gasteiger partial charge in [-0.2, -0.15) is 10.2 Å². The second-order valence-electron chi connectivity index (χ2n) is 4.39. The van der Waals surface area contributed by atoms with Crippen LogP contribution in [0.1, 0.15) is 22.6 Å². The molecule has 0 radical (unpaired) electrons. The van der Waals surface area contributed by atoms with Crippen molar-refractivity contribution in [3.8, 4) is 0 Å². The number of aryl methyl sites for hydroxylation is 1. The SMILES string of the molecule is Nc1nc2c(s1)CC(N)(c1ccnnc1)CC2. The molecule has 2 aromatic rings. The average molecular weight is 247 g/mol. The van der Waals surface area contributed by atoms with Crippen LogP contribution >= 0.6 is 11.3 Å². The largest absolute Gasteiger partial charge is 0.375 e. The van der Waals surface area contributed by atoms with Crippen LogP contribution in [0.25, 0.3) is 0 Å². The van der Waals surface area contributed by atoms with Gasteiger partial charge in [-0.25, -0.2) is 4.98 Å². The fourth-order valence-electron chi connectivity index (χ4n) is 2.28. The Bertz CT molecular complexity index is 538. The highest BCUT2D eigenvalue weighted by molar-refractivity contribution is 7.15. The van der Waals surface area contributed by atoms with Crippen LogP contribution in [0.15, 0.2) is 18.5 Å². The third-order valence-corrected chi connectivity index (χ3v) is 4.16. The summed E-state index contributed by atoms with van der Waals surface area (Å²) in [6.45, 7) is 0. The maximum atomic E-state index is 6.47. The maximum Gasteiger partial charge on any atom is 0.180 e. The van der Waals surface area contributed by atoms with Crippen LogP contribution in [0.5, 0.6) is 0 Å². The number of nitrogen functional groups attached to an aromatic ring is 1. The Kier molecular flexibility index (Phi) is 2.34. The molecule has 88 valence electrons. The molecule has 6 heteroatoms. The van der Waals surface area contributed by atoms with Gasteiger partial charge in [-0.15, -0.1) is 11.3 Å². The molecule has 2 aromatic heterocycles. The lowest BCUT2D eigenvalue weighted by Gasteiger charge is -2.32. The number of fused-ring (bicyclic) bond motifs is 1. The first kappa shape index (κ1) is 10.6. The van der Waals surface area contributed by atoms with E-state index in [-0.39, 0.29) is 5.54 Å². The first-order valence-corrected chi connectivity index (χ1v) is 6.29. The fraction of sp³-hybridized carbons (Fsp3) is 0.364. The van der Waals surface area contributed by atoms with Gasteiger partial charge in [0.1, 0.15) is 0 Å². The minimum absolute atomic E-state index is 0.359. The van der Waals surface area contributed by atoms with E-state index in [9.17, 15) is 0 Å².